The van der Waals surface area contributed by atoms with E-state index in [1.807, 2.05) is 0 Å². The number of rotatable bonds is 7. The van der Waals surface area contributed by atoms with Crippen LogP contribution in [0.1, 0.15) is 29.1 Å². The molecule has 0 saturated carbocycles. The first-order valence-corrected chi connectivity index (χ1v) is 7.64. The number of carbonyl (C=O) groups is 2. The molecular weight excluding hydrogens is 328 g/mol. The van der Waals surface area contributed by atoms with Gasteiger partial charge >= 0.3 is 12.0 Å². The molecule has 2 amide bonds. The lowest BCUT2D eigenvalue weighted by Crippen LogP contribution is -2.36. The summed E-state index contributed by atoms with van der Waals surface area (Å²) in [7, 11) is 0. The highest BCUT2D eigenvalue weighted by molar-refractivity contribution is 7.18. The number of amides is 2. The van der Waals surface area contributed by atoms with E-state index in [9.17, 15) is 9.59 Å². The van der Waals surface area contributed by atoms with E-state index in [0.29, 0.717) is 22.0 Å². The Hall–Kier alpha value is -2.06. The SMILES string of the molecule is C=C(NC(=O)NCC)Nc1sc(C(=O)OCC)cc1C(=N)Cl. The Morgan fingerprint density at radius 1 is 1.45 bits per heavy atom. The van der Waals surface area contributed by atoms with Crippen LogP contribution >= 0.6 is 22.9 Å². The van der Waals surface area contributed by atoms with Crippen molar-refractivity contribution in [1.29, 1.82) is 5.41 Å². The van der Waals surface area contributed by atoms with Crippen LogP contribution in [0.4, 0.5) is 9.80 Å². The highest BCUT2D eigenvalue weighted by atomic mass is 35.5. The number of thiophene rings is 1. The Balaban J connectivity index is 2.88. The van der Waals surface area contributed by atoms with Gasteiger partial charge in [-0.3, -0.25) is 10.7 Å². The molecule has 0 spiro atoms. The van der Waals surface area contributed by atoms with E-state index in [4.69, 9.17) is 21.7 Å². The summed E-state index contributed by atoms with van der Waals surface area (Å²) < 4.78 is 4.91. The van der Waals surface area contributed by atoms with E-state index in [1.54, 1.807) is 13.8 Å². The number of anilines is 1. The van der Waals surface area contributed by atoms with Gasteiger partial charge in [-0.1, -0.05) is 18.2 Å². The van der Waals surface area contributed by atoms with Crippen LogP contribution in [0.15, 0.2) is 18.5 Å². The third kappa shape index (κ3) is 5.05. The summed E-state index contributed by atoms with van der Waals surface area (Å²) in [6, 6.07) is 1.05. The van der Waals surface area contributed by atoms with Crippen molar-refractivity contribution < 1.29 is 14.3 Å². The molecule has 120 valence electrons. The van der Waals surface area contributed by atoms with E-state index in [2.05, 4.69) is 22.5 Å². The Bertz CT molecular complexity index is 600. The van der Waals surface area contributed by atoms with Gasteiger partial charge in [0.25, 0.3) is 0 Å². The third-order valence-corrected chi connectivity index (χ3v) is 3.55. The maximum atomic E-state index is 11.7. The number of halogens is 1. The lowest BCUT2D eigenvalue weighted by molar-refractivity contribution is 0.0532. The zero-order chi connectivity index (χ0) is 16.7. The van der Waals surface area contributed by atoms with Crippen LogP contribution in [-0.2, 0) is 4.74 Å². The molecule has 1 aromatic heterocycles. The first-order chi connectivity index (χ1) is 10.4. The Kier molecular flexibility index (Phi) is 6.87. The number of urea groups is 1. The van der Waals surface area contributed by atoms with Gasteiger partial charge in [0.15, 0.2) is 0 Å². The highest BCUT2D eigenvalue weighted by Gasteiger charge is 2.18. The molecule has 0 aliphatic rings. The minimum absolute atomic E-state index is 0.197. The maximum absolute atomic E-state index is 11.7. The molecule has 1 heterocycles. The molecule has 0 aliphatic carbocycles. The fourth-order valence-corrected chi connectivity index (χ4v) is 2.65. The lowest BCUT2D eigenvalue weighted by Gasteiger charge is -2.11. The molecule has 9 heteroatoms. The molecule has 22 heavy (non-hydrogen) atoms. The van der Waals surface area contributed by atoms with Crippen LogP contribution in [-0.4, -0.2) is 30.3 Å². The smallest absolute Gasteiger partial charge is 0.348 e. The number of nitrogens with one attached hydrogen (secondary N) is 4. The van der Waals surface area contributed by atoms with Crippen molar-refractivity contribution in [2.24, 2.45) is 0 Å². The molecule has 0 unspecified atom stereocenters. The van der Waals surface area contributed by atoms with Gasteiger partial charge in [-0.05, 0) is 19.9 Å². The van der Waals surface area contributed by atoms with Crippen molar-refractivity contribution >= 4 is 45.1 Å². The summed E-state index contributed by atoms with van der Waals surface area (Å²) in [6.45, 7) is 7.87. The van der Waals surface area contributed by atoms with Crippen molar-refractivity contribution in [1.82, 2.24) is 10.6 Å². The lowest BCUT2D eigenvalue weighted by atomic mass is 10.3. The summed E-state index contributed by atoms with van der Waals surface area (Å²) >= 11 is 6.77. The van der Waals surface area contributed by atoms with E-state index in [0.717, 1.165) is 11.3 Å². The standard InChI is InChI=1S/C13H17ClN4O3S/c1-4-16-13(20)18-7(3)17-11-8(10(14)15)6-9(22-11)12(19)21-5-2/h6,15,17H,3-5H2,1-2H3,(H2,16,18,20). The Labute approximate surface area is 137 Å². The predicted molar refractivity (Wildman–Crippen MR) is 87.9 cm³/mol. The van der Waals surface area contributed by atoms with Crippen LogP contribution in [0.3, 0.4) is 0 Å². The maximum Gasteiger partial charge on any atom is 0.348 e. The molecule has 0 atom stereocenters. The van der Waals surface area contributed by atoms with Gasteiger partial charge in [0.05, 0.1) is 6.61 Å². The second kappa shape index (κ2) is 8.40. The fourth-order valence-electron chi connectivity index (χ4n) is 1.46. The zero-order valence-corrected chi connectivity index (χ0v) is 13.8. The minimum Gasteiger partial charge on any atom is -0.462 e. The predicted octanol–water partition coefficient (Wildman–Crippen LogP) is 2.69. The molecule has 0 aromatic carbocycles. The molecule has 7 nitrogen and oxygen atoms in total. The van der Waals surface area contributed by atoms with Crippen LogP contribution in [0.5, 0.6) is 0 Å². The topological polar surface area (TPSA) is 103 Å². The second-order valence-corrected chi connectivity index (χ2v) is 5.41. The van der Waals surface area contributed by atoms with Crippen LogP contribution in [0.25, 0.3) is 0 Å². The molecular formula is C13H17ClN4O3S. The van der Waals surface area contributed by atoms with Gasteiger partial charge in [0, 0.05) is 12.1 Å². The van der Waals surface area contributed by atoms with E-state index in [-0.39, 0.29) is 17.6 Å². The monoisotopic (exact) mass is 344 g/mol. The van der Waals surface area contributed by atoms with Gasteiger partial charge in [-0.15, -0.1) is 11.3 Å². The molecule has 4 N–H and O–H groups in total. The first-order valence-electron chi connectivity index (χ1n) is 6.45. The summed E-state index contributed by atoms with van der Waals surface area (Å²) in [4.78, 5) is 23.4. The van der Waals surface area contributed by atoms with E-state index >= 15 is 0 Å². The minimum atomic E-state index is -0.498. The van der Waals surface area contributed by atoms with Gasteiger partial charge in [-0.2, -0.15) is 0 Å². The van der Waals surface area contributed by atoms with Gasteiger partial charge in [-0.25, -0.2) is 9.59 Å². The Morgan fingerprint density at radius 3 is 2.68 bits per heavy atom. The summed E-state index contributed by atoms with van der Waals surface area (Å²) in [5, 5.41) is 15.6. The zero-order valence-electron chi connectivity index (χ0n) is 12.2. The van der Waals surface area contributed by atoms with Crippen LogP contribution < -0.4 is 16.0 Å². The normalized spacial score (nSPS) is 9.77. The summed E-state index contributed by atoms with van der Waals surface area (Å²) in [5.74, 6) is -0.301. The second-order valence-electron chi connectivity index (χ2n) is 3.98. The largest absolute Gasteiger partial charge is 0.462 e. The number of esters is 1. The molecule has 1 rings (SSSR count). The van der Waals surface area contributed by atoms with Crippen LogP contribution in [0.2, 0.25) is 0 Å². The number of carbonyl (C=O) groups excluding carboxylic acids is 2. The van der Waals surface area contributed by atoms with Crippen molar-refractivity contribution in [3.05, 3.63) is 28.9 Å². The molecule has 0 aliphatic heterocycles. The fraction of sp³-hybridized carbons (Fsp3) is 0.308. The Morgan fingerprint density at radius 2 is 2.14 bits per heavy atom. The van der Waals surface area contributed by atoms with E-state index in [1.165, 1.54) is 6.07 Å². The van der Waals surface area contributed by atoms with Gasteiger partial charge < -0.3 is 15.4 Å². The first kappa shape index (κ1) is 18.0. The summed E-state index contributed by atoms with van der Waals surface area (Å²) in [6.07, 6.45) is 0. The van der Waals surface area contributed by atoms with E-state index < -0.39 is 12.0 Å². The average molecular weight is 345 g/mol. The van der Waals surface area contributed by atoms with Crippen LogP contribution in [0, 0.1) is 5.41 Å². The third-order valence-electron chi connectivity index (χ3n) is 2.31. The number of hydrogen-bond acceptors (Lipinski definition) is 6. The van der Waals surface area contributed by atoms with Crippen molar-refractivity contribution in [2.45, 2.75) is 13.8 Å². The molecule has 0 saturated heterocycles. The number of hydrogen-bond donors (Lipinski definition) is 4. The van der Waals surface area contributed by atoms with Gasteiger partial charge in [0.1, 0.15) is 20.9 Å². The molecule has 1 aromatic rings. The molecule has 0 fully saturated rings. The van der Waals surface area contributed by atoms with Crippen molar-refractivity contribution in [2.75, 3.05) is 18.5 Å². The average Bonchev–Trinajstić information content (AvgIpc) is 2.83. The molecule has 0 bridgehead atoms. The van der Waals surface area contributed by atoms with Crippen molar-refractivity contribution in [3.8, 4) is 0 Å². The highest BCUT2D eigenvalue weighted by Crippen LogP contribution is 2.30. The summed E-state index contributed by atoms with van der Waals surface area (Å²) in [5.41, 5.74) is 0.327. The van der Waals surface area contributed by atoms with Gasteiger partial charge in [0.2, 0.25) is 0 Å². The van der Waals surface area contributed by atoms with Crippen molar-refractivity contribution in [3.63, 3.8) is 0 Å². The quantitative estimate of drug-likeness (QED) is 0.451. The number of ether oxygens (including phenoxy) is 1. The molecule has 0 radical (unpaired) electrons.